The molecular weight excluding hydrogens is 306 g/mol. The van der Waals surface area contributed by atoms with Crippen LogP contribution in [0.15, 0.2) is 48.5 Å². The van der Waals surface area contributed by atoms with Crippen molar-refractivity contribution in [3.63, 3.8) is 0 Å². The molecule has 0 spiro atoms. The van der Waals surface area contributed by atoms with Crippen molar-refractivity contribution in [3.05, 3.63) is 59.7 Å². The van der Waals surface area contributed by atoms with Crippen molar-refractivity contribution < 1.29 is 19.4 Å². The molecule has 2 rings (SSSR count). The number of hydrogen-bond acceptors (Lipinski definition) is 4. The van der Waals surface area contributed by atoms with Gasteiger partial charge in [-0.15, -0.1) is 0 Å². The maximum absolute atomic E-state index is 12.3. The summed E-state index contributed by atoms with van der Waals surface area (Å²) in [6, 6.07) is 12.6. The first-order chi connectivity index (χ1) is 11.2. The predicted molar refractivity (Wildman–Crippen MR) is 91.6 cm³/mol. The number of nitrogens with two attached hydrogens (primary N) is 1. The maximum Gasteiger partial charge on any atom is 0.336 e. The number of carboxylic acids is 1. The molecule has 5 heteroatoms. The van der Waals surface area contributed by atoms with E-state index in [1.165, 1.54) is 6.07 Å². The summed E-state index contributed by atoms with van der Waals surface area (Å²) >= 11 is 0. The Bertz CT molecular complexity index is 762. The summed E-state index contributed by atoms with van der Waals surface area (Å²) in [6.07, 6.45) is 0. The van der Waals surface area contributed by atoms with E-state index in [4.69, 9.17) is 10.5 Å². The van der Waals surface area contributed by atoms with Crippen LogP contribution in [-0.4, -0.2) is 22.6 Å². The molecule has 0 saturated carbocycles. The zero-order chi connectivity index (χ0) is 17.9. The Balaban J connectivity index is 2.49. The number of aromatic carboxylic acids is 1. The highest BCUT2D eigenvalue weighted by molar-refractivity contribution is 5.97. The van der Waals surface area contributed by atoms with Gasteiger partial charge in [0.15, 0.2) is 0 Å². The molecule has 0 unspecified atom stereocenters. The summed E-state index contributed by atoms with van der Waals surface area (Å²) in [6.45, 7) is 5.30. The van der Waals surface area contributed by atoms with E-state index in [2.05, 4.69) is 0 Å². The second-order valence-corrected chi connectivity index (χ2v) is 6.45. The Morgan fingerprint density at radius 2 is 1.54 bits per heavy atom. The molecule has 1 atom stereocenters. The molecule has 0 heterocycles. The zero-order valence-corrected chi connectivity index (χ0v) is 13.9. The molecule has 0 radical (unpaired) electrons. The second-order valence-electron chi connectivity index (χ2n) is 6.45. The highest BCUT2D eigenvalue weighted by atomic mass is 16.6. The van der Waals surface area contributed by atoms with E-state index < -0.39 is 23.6 Å². The van der Waals surface area contributed by atoms with Gasteiger partial charge in [-0.3, -0.25) is 0 Å². The van der Waals surface area contributed by atoms with Crippen molar-refractivity contribution in [2.24, 2.45) is 5.73 Å². The van der Waals surface area contributed by atoms with Crippen molar-refractivity contribution >= 4 is 11.9 Å². The fourth-order valence-corrected chi connectivity index (χ4v) is 2.41. The first-order valence-electron chi connectivity index (χ1n) is 7.61. The number of benzene rings is 2. The number of ether oxygens (including phenoxy) is 1. The lowest BCUT2D eigenvalue weighted by atomic mass is 9.92. The average Bonchev–Trinajstić information content (AvgIpc) is 2.52. The van der Waals surface area contributed by atoms with Crippen molar-refractivity contribution in [3.8, 4) is 11.1 Å². The van der Waals surface area contributed by atoms with Crippen molar-refractivity contribution in [2.75, 3.05) is 0 Å². The predicted octanol–water partition coefficient (Wildman–Crippen LogP) is 3.39. The van der Waals surface area contributed by atoms with E-state index in [9.17, 15) is 14.7 Å². The fraction of sp³-hybridized carbons (Fsp3) is 0.263. The smallest absolute Gasteiger partial charge is 0.336 e. The van der Waals surface area contributed by atoms with Gasteiger partial charge in [-0.25, -0.2) is 9.59 Å². The summed E-state index contributed by atoms with van der Waals surface area (Å²) in [4.78, 5) is 23.8. The first kappa shape index (κ1) is 17.7. The van der Waals surface area contributed by atoms with Gasteiger partial charge in [0.1, 0.15) is 11.6 Å². The number of carbonyl (C=O) groups is 2. The van der Waals surface area contributed by atoms with Gasteiger partial charge in [-0.1, -0.05) is 42.5 Å². The molecule has 0 aliphatic carbocycles. The molecular formula is C19H21NO4. The lowest BCUT2D eigenvalue weighted by Gasteiger charge is -2.23. The number of rotatable bonds is 4. The van der Waals surface area contributed by atoms with E-state index in [1.807, 2.05) is 0 Å². The molecule has 0 saturated heterocycles. The summed E-state index contributed by atoms with van der Waals surface area (Å²) < 4.78 is 5.34. The Labute approximate surface area is 141 Å². The molecule has 2 aromatic rings. The van der Waals surface area contributed by atoms with Gasteiger partial charge < -0.3 is 15.6 Å². The summed E-state index contributed by atoms with van der Waals surface area (Å²) in [7, 11) is 0. The van der Waals surface area contributed by atoms with Crippen LogP contribution in [0.3, 0.4) is 0 Å². The van der Waals surface area contributed by atoms with E-state index >= 15 is 0 Å². The third-order valence-electron chi connectivity index (χ3n) is 3.40. The van der Waals surface area contributed by atoms with E-state index in [0.717, 1.165) is 0 Å². The lowest BCUT2D eigenvalue weighted by molar-refractivity contribution is -0.156. The Hall–Kier alpha value is -2.66. The Morgan fingerprint density at radius 3 is 2.12 bits per heavy atom. The molecule has 0 aliphatic rings. The number of hydrogen-bond donors (Lipinski definition) is 2. The molecule has 0 fully saturated rings. The van der Waals surface area contributed by atoms with Gasteiger partial charge in [0.2, 0.25) is 0 Å². The maximum atomic E-state index is 12.3. The Kier molecular flexibility index (Phi) is 5.04. The molecule has 126 valence electrons. The summed E-state index contributed by atoms with van der Waals surface area (Å²) in [5.74, 6) is -1.59. The normalized spacial score (nSPS) is 12.5. The van der Waals surface area contributed by atoms with Gasteiger partial charge in [-0.05, 0) is 43.5 Å². The molecule has 5 nitrogen and oxygen atoms in total. The van der Waals surface area contributed by atoms with Crippen molar-refractivity contribution in [1.82, 2.24) is 0 Å². The number of carbonyl (C=O) groups excluding carboxylic acids is 1. The monoisotopic (exact) mass is 327 g/mol. The largest absolute Gasteiger partial charge is 0.478 e. The fourth-order valence-electron chi connectivity index (χ4n) is 2.41. The van der Waals surface area contributed by atoms with Crippen molar-refractivity contribution in [1.29, 1.82) is 0 Å². The van der Waals surface area contributed by atoms with Crippen LogP contribution in [0, 0.1) is 0 Å². The first-order valence-corrected chi connectivity index (χ1v) is 7.61. The van der Waals surface area contributed by atoms with Crippen LogP contribution in [0.4, 0.5) is 0 Å². The molecule has 24 heavy (non-hydrogen) atoms. The van der Waals surface area contributed by atoms with Gasteiger partial charge in [0.05, 0.1) is 5.56 Å². The minimum atomic E-state index is -1.04. The molecule has 0 amide bonds. The van der Waals surface area contributed by atoms with Gasteiger partial charge in [0, 0.05) is 0 Å². The van der Waals surface area contributed by atoms with Crippen LogP contribution in [0.2, 0.25) is 0 Å². The Morgan fingerprint density at radius 1 is 1.00 bits per heavy atom. The SMILES string of the molecule is CC(C)(C)OC(=O)[C@@H](N)c1ccccc1-c1ccccc1C(=O)O. The van der Waals surface area contributed by atoms with Gasteiger partial charge in [0.25, 0.3) is 0 Å². The van der Waals surface area contributed by atoms with Crippen LogP contribution in [0.1, 0.15) is 42.7 Å². The summed E-state index contributed by atoms with van der Waals surface area (Å²) in [5.41, 5.74) is 7.24. The van der Waals surface area contributed by atoms with Crippen LogP contribution < -0.4 is 5.73 Å². The third-order valence-corrected chi connectivity index (χ3v) is 3.40. The molecule has 0 aliphatic heterocycles. The van der Waals surface area contributed by atoms with E-state index in [1.54, 1.807) is 63.2 Å². The van der Waals surface area contributed by atoms with Gasteiger partial charge >= 0.3 is 11.9 Å². The highest BCUT2D eigenvalue weighted by Gasteiger charge is 2.26. The topological polar surface area (TPSA) is 89.6 Å². The molecule has 3 N–H and O–H groups in total. The lowest BCUT2D eigenvalue weighted by Crippen LogP contribution is -2.31. The average molecular weight is 327 g/mol. The molecule has 2 aromatic carbocycles. The highest BCUT2D eigenvalue weighted by Crippen LogP contribution is 2.31. The standard InChI is InChI=1S/C19H21NO4/c1-19(2,3)24-18(23)16(20)14-10-6-4-8-12(14)13-9-5-7-11-15(13)17(21)22/h4-11,16H,20H2,1-3H3,(H,21,22)/t16-/m0/s1. The third kappa shape index (κ3) is 4.00. The van der Waals surface area contributed by atoms with Crippen molar-refractivity contribution in [2.45, 2.75) is 32.4 Å². The number of carboxylic acid groups (broad SMARTS) is 1. The minimum absolute atomic E-state index is 0.154. The van der Waals surface area contributed by atoms with Crippen LogP contribution in [0.5, 0.6) is 0 Å². The minimum Gasteiger partial charge on any atom is -0.478 e. The van der Waals surface area contributed by atoms with Crippen LogP contribution in [-0.2, 0) is 9.53 Å². The second kappa shape index (κ2) is 6.84. The zero-order valence-electron chi connectivity index (χ0n) is 13.9. The van der Waals surface area contributed by atoms with Crippen LogP contribution >= 0.6 is 0 Å². The van der Waals surface area contributed by atoms with E-state index in [0.29, 0.717) is 16.7 Å². The molecule has 0 bridgehead atoms. The van der Waals surface area contributed by atoms with E-state index in [-0.39, 0.29) is 5.56 Å². The summed E-state index contributed by atoms with van der Waals surface area (Å²) in [5, 5.41) is 9.40. The quantitative estimate of drug-likeness (QED) is 0.840. The molecule has 0 aromatic heterocycles. The van der Waals surface area contributed by atoms with Crippen LogP contribution in [0.25, 0.3) is 11.1 Å². The van der Waals surface area contributed by atoms with Gasteiger partial charge in [-0.2, -0.15) is 0 Å². The number of esters is 1.